The van der Waals surface area contributed by atoms with Crippen molar-refractivity contribution in [3.05, 3.63) is 41.4 Å². The summed E-state index contributed by atoms with van der Waals surface area (Å²) < 4.78 is 25.5. The Hall–Kier alpha value is -2.12. The van der Waals surface area contributed by atoms with E-state index in [1.165, 1.54) is 0 Å². The summed E-state index contributed by atoms with van der Waals surface area (Å²) in [5, 5.41) is 2.27. The molecule has 2 saturated heterocycles. The van der Waals surface area contributed by atoms with Gasteiger partial charge in [0.05, 0.1) is 10.6 Å². The molecule has 0 radical (unpaired) electrons. The average Bonchev–Trinajstić information content (AvgIpc) is 3.17. The van der Waals surface area contributed by atoms with Gasteiger partial charge in [-0.05, 0) is 54.3 Å². The lowest BCUT2D eigenvalue weighted by atomic mass is 10.0. The molecule has 2 aliphatic rings. The molecular weight excluding hydrogens is 424 g/mol. The number of hydrogen-bond acceptors (Lipinski definition) is 4. The summed E-state index contributed by atoms with van der Waals surface area (Å²) in [6.07, 6.45) is 3.03. The third kappa shape index (κ3) is 4.47. The van der Waals surface area contributed by atoms with Gasteiger partial charge in [-0.2, -0.15) is 0 Å². The van der Waals surface area contributed by atoms with Crippen LogP contribution in [-0.4, -0.2) is 61.5 Å². The summed E-state index contributed by atoms with van der Waals surface area (Å²) in [5.74, 6) is -0.143. The quantitative estimate of drug-likeness (QED) is 0.703. The predicted octanol–water partition coefficient (Wildman–Crippen LogP) is 3.27. The smallest absolute Gasteiger partial charge is 0.223 e. The van der Waals surface area contributed by atoms with Gasteiger partial charge in [-0.15, -0.1) is 0 Å². The molecule has 0 aliphatic carbocycles. The molecule has 2 heterocycles. The van der Waals surface area contributed by atoms with Crippen LogP contribution >= 0.6 is 11.6 Å². The molecular formula is C22H25ClN2O4S. The van der Waals surface area contributed by atoms with E-state index < -0.39 is 9.84 Å². The summed E-state index contributed by atoms with van der Waals surface area (Å²) in [4.78, 5) is 28.4. The molecule has 30 heavy (non-hydrogen) atoms. The van der Waals surface area contributed by atoms with Crippen LogP contribution in [0.25, 0.3) is 10.8 Å². The normalized spacial score (nSPS) is 18.4. The highest BCUT2D eigenvalue weighted by molar-refractivity contribution is 7.91. The van der Waals surface area contributed by atoms with E-state index in [1.54, 1.807) is 41.3 Å². The number of likely N-dealkylation sites (tertiary alicyclic amines) is 2. The number of rotatable bonds is 5. The van der Waals surface area contributed by atoms with Gasteiger partial charge >= 0.3 is 0 Å². The predicted molar refractivity (Wildman–Crippen MR) is 116 cm³/mol. The van der Waals surface area contributed by atoms with Gasteiger partial charge in [-0.1, -0.05) is 23.7 Å². The zero-order chi connectivity index (χ0) is 21.3. The minimum atomic E-state index is -3.56. The molecule has 0 N–H and O–H groups in total. The zero-order valence-corrected chi connectivity index (χ0v) is 18.3. The van der Waals surface area contributed by atoms with Crippen LogP contribution in [0.5, 0.6) is 0 Å². The number of benzene rings is 2. The number of carbonyl (C=O) groups is 2. The van der Waals surface area contributed by atoms with Crippen molar-refractivity contribution in [1.82, 2.24) is 9.80 Å². The van der Waals surface area contributed by atoms with E-state index in [0.29, 0.717) is 24.5 Å². The Bertz CT molecular complexity index is 1080. The third-order valence-electron chi connectivity index (χ3n) is 6.09. The van der Waals surface area contributed by atoms with Gasteiger partial charge in [0.2, 0.25) is 11.8 Å². The summed E-state index contributed by atoms with van der Waals surface area (Å²) >= 11 is 5.98. The van der Waals surface area contributed by atoms with Gasteiger partial charge in [0.25, 0.3) is 0 Å². The number of fused-ring (bicyclic) bond motifs is 1. The first-order valence-electron chi connectivity index (χ1n) is 10.3. The van der Waals surface area contributed by atoms with E-state index in [9.17, 15) is 18.0 Å². The third-order valence-corrected chi connectivity index (χ3v) is 8.03. The second kappa shape index (κ2) is 8.55. The van der Waals surface area contributed by atoms with E-state index in [2.05, 4.69) is 0 Å². The molecule has 6 nitrogen and oxygen atoms in total. The van der Waals surface area contributed by atoms with Crippen molar-refractivity contribution >= 4 is 44.0 Å². The maximum atomic E-state index is 12.8. The Kier molecular flexibility index (Phi) is 6.02. The highest BCUT2D eigenvalue weighted by atomic mass is 35.5. The van der Waals surface area contributed by atoms with Crippen LogP contribution in [-0.2, 0) is 19.4 Å². The second-order valence-electron chi connectivity index (χ2n) is 8.02. The van der Waals surface area contributed by atoms with Crippen LogP contribution in [0.3, 0.4) is 0 Å². The van der Waals surface area contributed by atoms with Crippen molar-refractivity contribution in [3.63, 3.8) is 0 Å². The first-order valence-corrected chi connectivity index (χ1v) is 12.4. The van der Waals surface area contributed by atoms with Crippen molar-refractivity contribution in [1.29, 1.82) is 0 Å². The van der Waals surface area contributed by atoms with E-state index in [-0.39, 0.29) is 34.9 Å². The number of halogens is 1. The van der Waals surface area contributed by atoms with Gasteiger partial charge < -0.3 is 9.80 Å². The summed E-state index contributed by atoms with van der Waals surface area (Å²) in [6, 6.07) is 10.4. The lowest BCUT2D eigenvalue weighted by molar-refractivity contribution is -0.134. The highest BCUT2D eigenvalue weighted by Crippen LogP contribution is 2.25. The van der Waals surface area contributed by atoms with Gasteiger partial charge in [0.1, 0.15) is 0 Å². The fraction of sp³-hybridized carbons (Fsp3) is 0.455. The minimum absolute atomic E-state index is 0.0334. The molecule has 0 bridgehead atoms. The Morgan fingerprint density at radius 2 is 1.73 bits per heavy atom. The molecule has 2 aliphatic heterocycles. The number of nitrogens with zero attached hydrogens (tertiary/aromatic N) is 2. The van der Waals surface area contributed by atoms with E-state index in [4.69, 9.17) is 11.6 Å². The molecule has 0 atom stereocenters. The summed E-state index contributed by atoms with van der Waals surface area (Å²) in [6.45, 7) is 1.96. The van der Waals surface area contributed by atoms with Crippen molar-refractivity contribution in [2.75, 3.05) is 25.4 Å². The topological polar surface area (TPSA) is 74.8 Å². The molecule has 0 aromatic heterocycles. The number of piperidine rings is 1. The van der Waals surface area contributed by atoms with Crippen LogP contribution in [0.15, 0.2) is 41.3 Å². The molecule has 0 spiro atoms. The molecule has 4 rings (SSSR count). The number of amides is 2. The highest BCUT2D eigenvalue weighted by Gasteiger charge is 2.32. The molecule has 0 saturated carbocycles. The molecule has 2 fully saturated rings. The van der Waals surface area contributed by atoms with E-state index >= 15 is 0 Å². The van der Waals surface area contributed by atoms with Crippen LogP contribution in [0.1, 0.15) is 32.1 Å². The first-order chi connectivity index (χ1) is 14.3. The van der Waals surface area contributed by atoms with Gasteiger partial charge in [-0.25, -0.2) is 8.42 Å². The fourth-order valence-corrected chi connectivity index (χ4v) is 5.81. The van der Waals surface area contributed by atoms with E-state index in [0.717, 1.165) is 36.6 Å². The second-order valence-corrected chi connectivity index (χ2v) is 10.6. The standard InChI is InChI=1S/C22H25ClN2O4S/c23-18-5-3-17-15-20(6-4-16(17)14-18)30(28,29)13-9-21(26)24-11-7-19(8-12-24)25-10-1-2-22(25)27/h3-6,14-15,19H,1-2,7-13H2. The first kappa shape index (κ1) is 21.1. The monoisotopic (exact) mass is 448 g/mol. The van der Waals surface area contributed by atoms with Gasteiger partial charge in [0, 0.05) is 43.5 Å². The zero-order valence-electron chi connectivity index (χ0n) is 16.7. The number of hydrogen-bond donors (Lipinski definition) is 0. The number of carbonyl (C=O) groups excluding carboxylic acids is 2. The summed E-state index contributed by atoms with van der Waals surface area (Å²) in [7, 11) is -3.56. The SMILES string of the molecule is O=C(CCS(=O)(=O)c1ccc2cc(Cl)ccc2c1)N1CCC(N2CCCC2=O)CC1. The van der Waals surface area contributed by atoms with Crippen molar-refractivity contribution in [2.45, 2.75) is 43.0 Å². The van der Waals surface area contributed by atoms with Crippen molar-refractivity contribution in [3.8, 4) is 0 Å². The molecule has 160 valence electrons. The largest absolute Gasteiger partial charge is 0.343 e. The van der Waals surface area contributed by atoms with Crippen molar-refractivity contribution < 1.29 is 18.0 Å². The molecule has 2 amide bonds. The molecule has 2 aromatic rings. The summed E-state index contributed by atoms with van der Waals surface area (Å²) in [5.41, 5.74) is 0. The lowest BCUT2D eigenvalue weighted by Gasteiger charge is -2.36. The Labute approximate surface area is 181 Å². The maximum absolute atomic E-state index is 12.8. The lowest BCUT2D eigenvalue weighted by Crippen LogP contribution is -2.47. The molecule has 0 unspecified atom stereocenters. The fourth-order valence-electron chi connectivity index (χ4n) is 4.37. The van der Waals surface area contributed by atoms with Gasteiger partial charge in [-0.3, -0.25) is 9.59 Å². The Balaban J connectivity index is 1.34. The van der Waals surface area contributed by atoms with Crippen LogP contribution in [0, 0.1) is 0 Å². The average molecular weight is 449 g/mol. The number of sulfone groups is 1. The van der Waals surface area contributed by atoms with Crippen LogP contribution < -0.4 is 0 Å². The van der Waals surface area contributed by atoms with Crippen LogP contribution in [0.2, 0.25) is 5.02 Å². The molecule has 8 heteroatoms. The molecule has 2 aromatic carbocycles. The Morgan fingerprint density at radius 1 is 1.03 bits per heavy atom. The van der Waals surface area contributed by atoms with E-state index in [1.807, 2.05) is 4.90 Å². The maximum Gasteiger partial charge on any atom is 0.223 e. The van der Waals surface area contributed by atoms with Crippen LogP contribution in [0.4, 0.5) is 0 Å². The van der Waals surface area contributed by atoms with Crippen molar-refractivity contribution in [2.24, 2.45) is 0 Å². The minimum Gasteiger partial charge on any atom is -0.343 e. The van der Waals surface area contributed by atoms with Gasteiger partial charge in [0.15, 0.2) is 9.84 Å². The Morgan fingerprint density at radius 3 is 2.43 bits per heavy atom.